The monoisotopic (exact) mass is 459 g/mol. The quantitative estimate of drug-likeness (QED) is 0.277. The van der Waals surface area contributed by atoms with Crippen molar-refractivity contribution in [1.29, 1.82) is 0 Å². The maximum atomic E-state index is 13.6. The molecule has 3 aromatic rings. The van der Waals surface area contributed by atoms with E-state index in [1.165, 1.54) is 23.9 Å². The van der Waals surface area contributed by atoms with Crippen LogP contribution < -0.4 is 5.32 Å². The van der Waals surface area contributed by atoms with Crippen LogP contribution in [0.3, 0.4) is 0 Å². The Hall–Kier alpha value is -3.35. The smallest absolute Gasteiger partial charge is 0.264 e. The minimum atomic E-state index is -0.361. The number of carbonyl (C=O) groups is 2. The molecule has 1 aliphatic heterocycles. The highest BCUT2D eigenvalue weighted by Gasteiger charge is 2.26. The van der Waals surface area contributed by atoms with Crippen molar-refractivity contribution in [2.75, 3.05) is 0 Å². The SMILES string of the molecule is O=C1NC(=S)SC1=C(C=C(CC(=O)c1ccccc1)c1ccc(F)cc1)c1ccccc1. The lowest BCUT2D eigenvalue weighted by molar-refractivity contribution is -0.115. The summed E-state index contributed by atoms with van der Waals surface area (Å²) in [4.78, 5) is 26.1. The molecule has 1 aliphatic rings. The van der Waals surface area contributed by atoms with Gasteiger partial charge in [0, 0.05) is 17.6 Å². The normalized spacial score (nSPS) is 15.5. The fourth-order valence-corrected chi connectivity index (χ4v) is 4.46. The van der Waals surface area contributed by atoms with Crippen LogP contribution in [0.4, 0.5) is 4.39 Å². The third kappa shape index (κ3) is 5.10. The summed E-state index contributed by atoms with van der Waals surface area (Å²) in [6.07, 6.45) is 1.93. The molecule has 0 aromatic heterocycles. The summed E-state index contributed by atoms with van der Waals surface area (Å²) in [5, 5.41) is 2.66. The number of hydrogen-bond donors (Lipinski definition) is 1. The highest BCUT2D eigenvalue weighted by molar-refractivity contribution is 8.26. The summed E-state index contributed by atoms with van der Waals surface area (Å²) in [6.45, 7) is 0. The van der Waals surface area contributed by atoms with E-state index < -0.39 is 0 Å². The molecule has 0 bridgehead atoms. The van der Waals surface area contributed by atoms with E-state index in [1.54, 1.807) is 24.3 Å². The number of halogens is 1. The van der Waals surface area contributed by atoms with Gasteiger partial charge in [-0.2, -0.15) is 0 Å². The van der Waals surface area contributed by atoms with Crippen LogP contribution in [0.15, 0.2) is 95.9 Å². The summed E-state index contributed by atoms with van der Waals surface area (Å²) in [7, 11) is 0. The maximum Gasteiger partial charge on any atom is 0.264 e. The van der Waals surface area contributed by atoms with Crippen LogP contribution in [0.5, 0.6) is 0 Å². The first-order valence-corrected chi connectivity index (χ1v) is 11.1. The third-order valence-corrected chi connectivity index (χ3v) is 6.18. The molecular formula is C26H18FNO2S2. The number of thiocarbonyl (C=S) groups is 1. The minimum Gasteiger partial charge on any atom is -0.307 e. The Balaban J connectivity index is 1.85. The predicted molar refractivity (Wildman–Crippen MR) is 131 cm³/mol. The molecule has 158 valence electrons. The molecule has 0 saturated carbocycles. The molecule has 4 rings (SSSR count). The largest absolute Gasteiger partial charge is 0.307 e. The van der Waals surface area contributed by atoms with Gasteiger partial charge in [0.1, 0.15) is 10.1 Å². The molecule has 3 aromatic carbocycles. The fraction of sp³-hybridized carbons (Fsp3) is 0.0385. The molecule has 32 heavy (non-hydrogen) atoms. The number of amides is 1. The molecule has 0 unspecified atom stereocenters. The molecule has 1 amide bonds. The van der Waals surface area contributed by atoms with Gasteiger partial charge in [-0.25, -0.2) is 4.39 Å². The van der Waals surface area contributed by atoms with Crippen LogP contribution in [-0.2, 0) is 4.79 Å². The molecule has 1 N–H and O–H groups in total. The lowest BCUT2D eigenvalue weighted by atomic mass is 9.93. The minimum absolute atomic E-state index is 0.0716. The fourth-order valence-electron chi connectivity index (χ4n) is 3.36. The van der Waals surface area contributed by atoms with Crippen molar-refractivity contribution in [3.63, 3.8) is 0 Å². The summed E-state index contributed by atoms with van der Waals surface area (Å²) in [6, 6.07) is 24.4. The van der Waals surface area contributed by atoms with E-state index in [0.29, 0.717) is 31.5 Å². The van der Waals surface area contributed by atoms with Crippen molar-refractivity contribution in [3.05, 3.63) is 118 Å². The van der Waals surface area contributed by atoms with Gasteiger partial charge in [-0.3, -0.25) is 9.59 Å². The van der Waals surface area contributed by atoms with Crippen molar-refractivity contribution in [2.45, 2.75) is 6.42 Å². The van der Waals surface area contributed by atoms with Gasteiger partial charge in [0.25, 0.3) is 5.91 Å². The van der Waals surface area contributed by atoms with Crippen LogP contribution in [0, 0.1) is 5.82 Å². The van der Waals surface area contributed by atoms with Gasteiger partial charge in [-0.15, -0.1) is 0 Å². The number of Topliss-reactive ketones (excluding diaryl/α,β-unsaturated/α-hetero) is 1. The molecule has 6 heteroatoms. The molecule has 1 saturated heterocycles. The van der Waals surface area contributed by atoms with Crippen LogP contribution in [0.25, 0.3) is 11.1 Å². The summed E-state index contributed by atoms with van der Waals surface area (Å²) >= 11 is 6.37. The average molecular weight is 460 g/mol. The van der Waals surface area contributed by atoms with E-state index >= 15 is 0 Å². The van der Waals surface area contributed by atoms with E-state index in [1.807, 2.05) is 54.6 Å². The Labute approximate surface area is 195 Å². The summed E-state index contributed by atoms with van der Waals surface area (Å²) in [5.74, 6) is -0.708. The zero-order valence-electron chi connectivity index (χ0n) is 16.9. The van der Waals surface area contributed by atoms with Crippen molar-refractivity contribution < 1.29 is 14.0 Å². The molecule has 0 radical (unpaired) electrons. The lowest BCUT2D eigenvalue weighted by Gasteiger charge is -2.12. The second kappa shape index (κ2) is 9.85. The van der Waals surface area contributed by atoms with Gasteiger partial charge in [0.15, 0.2) is 5.78 Å². The summed E-state index contributed by atoms with van der Waals surface area (Å²) in [5.41, 5.74) is 3.45. The molecule has 0 aliphatic carbocycles. The van der Waals surface area contributed by atoms with Crippen molar-refractivity contribution in [1.82, 2.24) is 5.32 Å². The number of ketones is 1. The van der Waals surface area contributed by atoms with Crippen LogP contribution >= 0.6 is 24.0 Å². The van der Waals surface area contributed by atoms with Crippen molar-refractivity contribution >= 4 is 51.1 Å². The van der Waals surface area contributed by atoms with E-state index in [-0.39, 0.29) is 23.9 Å². The highest BCUT2D eigenvalue weighted by atomic mass is 32.2. The van der Waals surface area contributed by atoms with Gasteiger partial charge in [0.2, 0.25) is 0 Å². The van der Waals surface area contributed by atoms with Gasteiger partial charge in [0.05, 0.1) is 4.91 Å². The number of hydrogen-bond acceptors (Lipinski definition) is 4. The van der Waals surface area contributed by atoms with Crippen molar-refractivity contribution in [2.24, 2.45) is 0 Å². The Morgan fingerprint density at radius 1 is 0.875 bits per heavy atom. The zero-order chi connectivity index (χ0) is 22.5. The first kappa shape index (κ1) is 21.9. The van der Waals surface area contributed by atoms with Crippen LogP contribution in [-0.4, -0.2) is 16.0 Å². The Morgan fingerprint density at radius 3 is 2.03 bits per heavy atom. The number of carbonyl (C=O) groups excluding carboxylic acids is 2. The Kier molecular flexibility index (Phi) is 6.73. The van der Waals surface area contributed by atoms with E-state index in [4.69, 9.17) is 12.2 Å². The molecular weight excluding hydrogens is 441 g/mol. The number of allylic oxidation sites excluding steroid dienone is 3. The van der Waals surface area contributed by atoms with Crippen molar-refractivity contribution in [3.8, 4) is 0 Å². The van der Waals surface area contributed by atoms with Gasteiger partial charge < -0.3 is 5.32 Å². The number of benzene rings is 3. The van der Waals surface area contributed by atoms with Gasteiger partial charge in [-0.05, 0) is 34.9 Å². The molecule has 3 nitrogen and oxygen atoms in total. The van der Waals surface area contributed by atoms with Crippen LogP contribution in [0.2, 0.25) is 0 Å². The molecule has 0 atom stereocenters. The topological polar surface area (TPSA) is 46.2 Å². The van der Waals surface area contributed by atoms with E-state index in [0.717, 1.165) is 5.56 Å². The highest BCUT2D eigenvalue weighted by Crippen LogP contribution is 2.35. The average Bonchev–Trinajstić information content (AvgIpc) is 3.15. The predicted octanol–water partition coefficient (Wildman–Crippen LogP) is 6.04. The summed E-state index contributed by atoms with van der Waals surface area (Å²) < 4.78 is 14.0. The lowest BCUT2D eigenvalue weighted by Crippen LogP contribution is -2.18. The second-order valence-electron chi connectivity index (χ2n) is 7.09. The van der Waals surface area contributed by atoms with Crippen LogP contribution in [0.1, 0.15) is 27.9 Å². The zero-order valence-corrected chi connectivity index (χ0v) is 18.5. The number of rotatable bonds is 6. The standard InChI is InChI=1S/C26H18FNO2S2/c27-21-13-11-17(12-14-21)20(16-23(29)19-9-5-2-6-10-19)15-22(18-7-3-1-4-8-18)24-25(30)28-26(31)32-24/h1-15H,16H2,(H,28,30,31). The van der Waals surface area contributed by atoms with Gasteiger partial charge in [-0.1, -0.05) is 96.8 Å². The Bertz CT molecular complexity index is 1230. The first-order chi connectivity index (χ1) is 15.5. The van der Waals surface area contributed by atoms with Gasteiger partial charge >= 0.3 is 0 Å². The number of thioether (sulfide) groups is 1. The molecule has 1 heterocycles. The van der Waals surface area contributed by atoms with E-state index in [9.17, 15) is 14.0 Å². The molecule has 1 fully saturated rings. The number of nitrogens with one attached hydrogen (secondary N) is 1. The maximum absolute atomic E-state index is 13.6. The third-order valence-electron chi connectivity index (χ3n) is 4.93. The second-order valence-corrected chi connectivity index (χ2v) is 8.78. The van der Waals surface area contributed by atoms with E-state index in [2.05, 4.69) is 5.32 Å². The molecule has 0 spiro atoms. The first-order valence-electron chi connectivity index (χ1n) is 9.89. The Morgan fingerprint density at radius 2 is 1.47 bits per heavy atom.